The van der Waals surface area contributed by atoms with Crippen LogP contribution in [-0.2, 0) is 11.8 Å². The predicted molar refractivity (Wildman–Crippen MR) is 131 cm³/mol. The van der Waals surface area contributed by atoms with Crippen LogP contribution >= 0.6 is 12.2 Å². The first-order valence-corrected chi connectivity index (χ1v) is 11.7. The topological polar surface area (TPSA) is 112 Å². The summed E-state index contributed by atoms with van der Waals surface area (Å²) in [6.07, 6.45) is 4.69. The molecule has 2 aromatic heterocycles. The van der Waals surface area contributed by atoms with Gasteiger partial charge in [-0.05, 0) is 36.3 Å². The van der Waals surface area contributed by atoms with Crippen LogP contribution in [0, 0.1) is 5.41 Å². The quantitative estimate of drug-likeness (QED) is 0.650. The van der Waals surface area contributed by atoms with Crippen molar-refractivity contribution in [2.75, 3.05) is 28.2 Å². The van der Waals surface area contributed by atoms with E-state index in [0.29, 0.717) is 43.3 Å². The lowest BCUT2D eigenvalue weighted by Crippen LogP contribution is -2.40. The summed E-state index contributed by atoms with van der Waals surface area (Å²) in [7, 11) is 1.74. The molecule has 2 N–H and O–H groups in total. The molecular weight excluding hydrogens is 454 g/mol. The first-order valence-electron chi connectivity index (χ1n) is 11.3. The molecule has 3 fully saturated rings. The molecule has 2 aliphatic heterocycles. The van der Waals surface area contributed by atoms with Gasteiger partial charge in [-0.1, -0.05) is 32.1 Å². The number of carbonyl (C=O) groups is 3. The lowest BCUT2D eigenvalue weighted by Gasteiger charge is -2.21. The molecule has 1 spiro atoms. The largest absolute Gasteiger partial charge is 0.330 e. The fourth-order valence-corrected chi connectivity index (χ4v) is 5.26. The molecule has 1 saturated carbocycles. The number of hydrogen-bond acceptors (Lipinski definition) is 6. The molecule has 5 rings (SSSR count). The monoisotopic (exact) mass is 481 g/mol. The van der Waals surface area contributed by atoms with Gasteiger partial charge in [0.1, 0.15) is 17.2 Å². The Labute approximate surface area is 202 Å². The van der Waals surface area contributed by atoms with Gasteiger partial charge in [0.2, 0.25) is 5.91 Å². The number of nitrogens with zero attached hydrogens (tertiary/aromatic N) is 5. The van der Waals surface area contributed by atoms with Crippen LogP contribution < -0.4 is 20.4 Å². The Kier molecular flexibility index (Phi) is 5.19. The summed E-state index contributed by atoms with van der Waals surface area (Å²) >= 11 is 5.34. The number of hydrogen-bond donors (Lipinski definition) is 2. The highest BCUT2D eigenvalue weighted by atomic mass is 32.1. The van der Waals surface area contributed by atoms with Crippen molar-refractivity contribution in [2.24, 2.45) is 12.5 Å². The van der Waals surface area contributed by atoms with E-state index in [0.717, 1.165) is 17.7 Å². The van der Waals surface area contributed by atoms with Crippen LogP contribution in [0.2, 0.25) is 0 Å². The van der Waals surface area contributed by atoms with Crippen LogP contribution in [0.25, 0.3) is 0 Å². The second-order valence-electron chi connectivity index (χ2n) is 9.98. The molecule has 1 atom stereocenters. The molecule has 0 aromatic carbocycles. The summed E-state index contributed by atoms with van der Waals surface area (Å²) in [5, 5.41) is 10.3. The van der Waals surface area contributed by atoms with Gasteiger partial charge >= 0.3 is 6.03 Å². The average molecular weight is 482 g/mol. The Bertz CT molecular complexity index is 1220. The van der Waals surface area contributed by atoms with Gasteiger partial charge in [-0.25, -0.2) is 9.78 Å². The van der Waals surface area contributed by atoms with E-state index in [4.69, 9.17) is 12.2 Å². The van der Waals surface area contributed by atoms with Crippen LogP contribution in [0.1, 0.15) is 50.0 Å². The zero-order valence-electron chi connectivity index (χ0n) is 19.4. The second-order valence-corrected chi connectivity index (χ2v) is 10.6. The summed E-state index contributed by atoms with van der Waals surface area (Å²) in [6.45, 7) is 4.81. The van der Waals surface area contributed by atoms with Crippen molar-refractivity contribution in [1.82, 2.24) is 20.1 Å². The second kappa shape index (κ2) is 7.86. The number of nitrogens with one attached hydrogen (secondary N) is 2. The first kappa shape index (κ1) is 22.5. The number of aryl methyl sites for hydroxylation is 1. The SMILES string of the molecule is Cn1cc(NC(=O)c2cccc(N3CC4(CCC(=S)C4)NC3=O)n2)c(N2CCC(C)(C)C2=O)n1. The molecule has 34 heavy (non-hydrogen) atoms. The maximum Gasteiger partial charge on any atom is 0.323 e. The van der Waals surface area contributed by atoms with Gasteiger partial charge in [0, 0.05) is 25.4 Å². The van der Waals surface area contributed by atoms with E-state index < -0.39 is 11.3 Å². The van der Waals surface area contributed by atoms with E-state index in [9.17, 15) is 14.4 Å². The third kappa shape index (κ3) is 3.83. The van der Waals surface area contributed by atoms with Crippen molar-refractivity contribution in [2.45, 2.75) is 45.1 Å². The highest BCUT2D eigenvalue weighted by Gasteiger charge is 2.47. The summed E-state index contributed by atoms with van der Waals surface area (Å²) in [4.78, 5) is 47.2. The standard InChI is InChI=1S/C23H27N7O3S/c1-22(2)9-10-29(20(22)32)18-16(12-28(3)27-18)25-19(31)15-5-4-6-17(24-15)30-13-23(26-21(30)33)8-7-14(34)11-23/h4-6,12H,7-11,13H2,1-3H3,(H,25,31)(H,26,33). The van der Waals surface area contributed by atoms with Gasteiger partial charge in [-0.3, -0.25) is 24.1 Å². The van der Waals surface area contributed by atoms with E-state index in [-0.39, 0.29) is 23.2 Å². The van der Waals surface area contributed by atoms with Crippen LogP contribution in [0.3, 0.4) is 0 Å². The molecule has 0 radical (unpaired) electrons. The molecule has 3 aliphatic rings. The van der Waals surface area contributed by atoms with Crippen molar-refractivity contribution in [3.8, 4) is 0 Å². The maximum atomic E-state index is 13.1. The number of rotatable bonds is 4. The van der Waals surface area contributed by atoms with E-state index >= 15 is 0 Å². The Hall–Kier alpha value is -3.34. The molecular formula is C23H27N7O3S. The van der Waals surface area contributed by atoms with Gasteiger partial charge in [-0.2, -0.15) is 5.10 Å². The molecule has 10 nitrogen and oxygen atoms in total. The number of carbonyl (C=O) groups excluding carboxylic acids is 3. The minimum Gasteiger partial charge on any atom is -0.330 e. The normalized spacial score (nSPS) is 23.8. The van der Waals surface area contributed by atoms with Crippen LogP contribution in [-0.4, -0.2) is 56.1 Å². The maximum absolute atomic E-state index is 13.1. The van der Waals surface area contributed by atoms with Crippen molar-refractivity contribution in [3.05, 3.63) is 30.1 Å². The number of amides is 4. The minimum absolute atomic E-state index is 0.0257. The number of aromatic nitrogens is 3. The van der Waals surface area contributed by atoms with Gasteiger partial charge in [0.05, 0.1) is 18.3 Å². The fourth-order valence-electron chi connectivity index (χ4n) is 4.89. The zero-order valence-corrected chi connectivity index (χ0v) is 20.2. The van der Waals surface area contributed by atoms with E-state index in [1.54, 1.807) is 45.9 Å². The summed E-state index contributed by atoms with van der Waals surface area (Å²) in [5.41, 5.74) is -0.223. The highest BCUT2D eigenvalue weighted by Crippen LogP contribution is 2.37. The van der Waals surface area contributed by atoms with Gasteiger partial charge in [0.15, 0.2) is 5.82 Å². The van der Waals surface area contributed by atoms with Crippen LogP contribution in [0.5, 0.6) is 0 Å². The van der Waals surface area contributed by atoms with Crippen LogP contribution in [0.4, 0.5) is 22.1 Å². The molecule has 178 valence electrons. The first-order chi connectivity index (χ1) is 16.1. The third-order valence-electron chi connectivity index (χ3n) is 6.84. The Morgan fingerprint density at radius 2 is 2.00 bits per heavy atom. The van der Waals surface area contributed by atoms with E-state index in [2.05, 4.69) is 20.7 Å². The summed E-state index contributed by atoms with van der Waals surface area (Å²) in [5.74, 6) is 0.351. The molecule has 11 heteroatoms. The Morgan fingerprint density at radius 1 is 1.21 bits per heavy atom. The van der Waals surface area contributed by atoms with E-state index in [1.807, 2.05) is 13.8 Å². The van der Waals surface area contributed by atoms with Crippen molar-refractivity contribution >= 4 is 52.3 Å². The molecule has 2 saturated heterocycles. The smallest absolute Gasteiger partial charge is 0.323 e. The summed E-state index contributed by atoms with van der Waals surface area (Å²) in [6, 6.07) is 4.77. The molecule has 0 bridgehead atoms. The molecule has 1 aliphatic carbocycles. The number of pyridine rings is 1. The van der Waals surface area contributed by atoms with Crippen LogP contribution in [0.15, 0.2) is 24.4 Å². The average Bonchev–Trinajstić information content (AvgIpc) is 3.49. The number of thiocarbonyl (C=S) groups is 1. The molecule has 1 unspecified atom stereocenters. The van der Waals surface area contributed by atoms with E-state index in [1.165, 1.54) is 0 Å². The minimum atomic E-state index is -0.467. The molecule has 2 aromatic rings. The molecule has 4 amide bonds. The van der Waals surface area contributed by atoms with Gasteiger partial charge < -0.3 is 10.6 Å². The van der Waals surface area contributed by atoms with Gasteiger partial charge in [0.25, 0.3) is 5.91 Å². The highest BCUT2D eigenvalue weighted by molar-refractivity contribution is 7.80. The van der Waals surface area contributed by atoms with Crippen molar-refractivity contribution < 1.29 is 14.4 Å². The number of urea groups is 1. The van der Waals surface area contributed by atoms with Crippen molar-refractivity contribution in [3.63, 3.8) is 0 Å². The summed E-state index contributed by atoms with van der Waals surface area (Å²) < 4.78 is 1.56. The van der Waals surface area contributed by atoms with Crippen molar-refractivity contribution in [1.29, 1.82) is 0 Å². The van der Waals surface area contributed by atoms with Gasteiger partial charge in [-0.15, -0.1) is 0 Å². The zero-order chi connectivity index (χ0) is 24.3. The predicted octanol–water partition coefficient (Wildman–Crippen LogP) is 2.65. The Morgan fingerprint density at radius 3 is 2.68 bits per heavy atom. The molecule has 4 heterocycles. The Balaban J connectivity index is 1.36. The fraction of sp³-hybridized carbons (Fsp3) is 0.478. The lowest BCUT2D eigenvalue weighted by atomic mass is 9.92. The number of anilines is 3. The lowest BCUT2D eigenvalue weighted by molar-refractivity contribution is -0.124. The third-order valence-corrected chi connectivity index (χ3v) is 7.19.